The quantitative estimate of drug-likeness (QED) is 0.352. The van der Waals surface area contributed by atoms with Crippen molar-refractivity contribution in [1.29, 1.82) is 0 Å². The van der Waals surface area contributed by atoms with Gasteiger partial charge in [-0.25, -0.2) is 13.2 Å². The van der Waals surface area contributed by atoms with Gasteiger partial charge in [-0.2, -0.15) is 13.2 Å². The van der Waals surface area contributed by atoms with Crippen molar-refractivity contribution in [2.75, 3.05) is 0 Å². The summed E-state index contributed by atoms with van der Waals surface area (Å²) in [6.07, 6.45) is 1.35. The average molecular weight is 424 g/mol. The van der Waals surface area contributed by atoms with Crippen LogP contribution in [0, 0.1) is 35.2 Å². The van der Waals surface area contributed by atoms with Crippen LogP contribution in [-0.2, 0) is 6.18 Å². The molecule has 0 aromatic heterocycles. The van der Waals surface area contributed by atoms with Gasteiger partial charge in [0.25, 0.3) is 0 Å². The Kier molecular flexibility index (Phi) is 6.80. The molecule has 2 aromatic rings. The Bertz CT molecular complexity index is 933. The van der Waals surface area contributed by atoms with Crippen molar-refractivity contribution in [3.63, 3.8) is 0 Å². The lowest BCUT2D eigenvalue weighted by atomic mass is 9.77. The molecule has 0 spiro atoms. The first-order valence-corrected chi connectivity index (χ1v) is 10.1. The van der Waals surface area contributed by atoms with E-state index in [1.54, 1.807) is 0 Å². The Morgan fingerprint density at radius 3 is 2.03 bits per heavy atom. The van der Waals surface area contributed by atoms with Crippen LogP contribution in [0.15, 0.2) is 30.3 Å². The minimum absolute atomic E-state index is 0.0994. The van der Waals surface area contributed by atoms with Crippen LogP contribution < -0.4 is 0 Å². The van der Waals surface area contributed by atoms with Gasteiger partial charge in [0.1, 0.15) is 17.5 Å². The molecule has 0 atom stereocenters. The maximum absolute atomic E-state index is 14.5. The van der Waals surface area contributed by atoms with Gasteiger partial charge < -0.3 is 0 Å². The van der Waals surface area contributed by atoms with Crippen molar-refractivity contribution < 1.29 is 26.3 Å². The first kappa shape index (κ1) is 22.3. The second-order valence-electron chi connectivity index (χ2n) is 7.81. The van der Waals surface area contributed by atoms with Gasteiger partial charge in [0, 0.05) is 5.56 Å². The molecule has 0 aliphatic heterocycles. The van der Waals surface area contributed by atoms with E-state index < -0.39 is 34.8 Å². The third-order valence-electron chi connectivity index (χ3n) is 5.69. The average Bonchev–Trinajstić information content (AvgIpc) is 2.67. The minimum Gasteiger partial charge on any atom is -0.206 e. The summed E-state index contributed by atoms with van der Waals surface area (Å²) in [5, 5.41) is 0. The molecule has 1 aliphatic carbocycles. The third kappa shape index (κ3) is 5.19. The molecule has 30 heavy (non-hydrogen) atoms. The van der Waals surface area contributed by atoms with Gasteiger partial charge in [0.15, 0.2) is 0 Å². The summed E-state index contributed by atoms with van der Waals surface area (Å²) in [5.74, 6) is 2.29. The standard InChI is InChI=1S/C24H22F6/c1-2-3-15-4-8-17(9-5-15)18-13-21(25)19(22(26)14-18)10-6-16-7-11-20(23(27)12-16)24(28,29)30/h7,11-15,17H,2-5,8-9H2,1H3. The summed E-state index contributed by atoms with van der Waals surface area (Å²) >= 11 is 0. The monoisotopic (exact) mass is 424 g/mol. The largest absolute Gasteiger partial charge is 0.419 e. The van der Waals surface area contributed by atoms with E-state index in [1.165, 1.54) is 18.6 Å². The summed E-state index contributed by atoms with van der Waals surface area (Å²) in [4.78, 5) is 0. The molecule has 3 rings (SSSR count). The fourth-order valence-corrected chi connectivity index (χ4v) is 4.10. The fourth-order valence-electron chi connectivity index (χ4n) is 4.10. The van der Waals surface area contributed by atoms with Gasteiger partial charge in [-0.3, -0.25) is 0 Å². The number of rotatable bonds is 3. The highest BCUT2D eigenvalue weighted by Crippen LogP contribution is 2.38. The van der Waals surface area contributed by atoms with Crippen molar-refractivity contribution in [1.82, 2.24) is 0 Å². The van der Waals surface area contributed by atoms with Gasteiger partial charge in [0.2, 0.25) is 0 Å². The van der Waals surface area contributed by atoms with E-state index in [1.807, 2.05) is 0 Å². The lowest BCUT2D eigenvalue weighted by Crippen LogP contribution is -2.13. The molecule has 1 saturated carbocycles. The zero-order valence-electron chi connectivity index (χ0n) is 16.6. The molecule has 0 amide bonds. The van der Waals surface area contributed by atoms with Crippen LogP contribution in [0.25, 0.3) is 0 Å². The maximum atomic E-state index is 14.5. The van der Waals surface area contributed by atoms with Crippen LogP contribution in [0.3, 0.4) is 0 Å². The zero-order chi connectivity index (χ0) is 21.9. The third-order valence-corrected chi connectivity index (χ3v) is 5.69. The molecule has 1 fully saturated rings. The predicted octanol–water partition coefficient (Wildman–Crippen LogP) is 7.60. The summed E-state index contributed by atoms with van der Waals surface area (Å²) in [7, 11) is 0. The highest BCUT2D eigenvalue weighted by molar-refractivity contribution is 5.46. The van der Waals surface area contributed by atoms with E-state index in [-0.39, 0.29) is 11.5 Å². The predicted molar refractivity (Wildman–Crippen MR) is 103 cm³/mol. The molecule has 0 N–H and O–H groups in total. The van der Waals surface area contributed by atoms with Crippen LogP contribution in [0.2, 0.25) is 0 Å². The molecule has 0 radical (unpaired) electrons. The molecule has 0 unspecified atom stereocenters. The first-order valence-electron chi connectivity index (χ1n) is 10.1. The van der Waals surface area contributed by atoms with Gasteiger partial charge in [-0.05, 0) is 73.4 Å². The Balaban J connectivity index is 1.79. The summed E-state index contributed by atoms with van der Waals surface area (Å²) in [5.41, 5.74) is -1.38. The number of hydrogen-bond acceptors (Lipinski definition) is 0. The number of hydrogen-bond donors (Lipinski definition) is 0. The van der Waals surface area contributed by atoms with Crippen molar-refractivity contribution in [3.8, 4) is 11.8 Å². The second-order valence-corrected chi connectivity index (χ2v) is 7.81. The van der Waals surface area contributed by atoms with Crippen LogP contribution in [0.5, 0.6) is 0 Å². The molecular formula is C24H22F6. The lowest BCUT2D eigenvalue weighted by molar-refractivity contribution is -0.140. The maximum Gasteiger partial charge on any atom is 0.419 e. The second kappa shape index (κ2) is 9.16. The van der Waals surface area contributed by atoms with Gasteiger partial charge >= 0.3 is 6.18 Å². The van der Waals surface area contributed by atoms with Crippen molar-refractivity contribution in [2.45, 2.75) is 57.5 Å². The van der Waals surface area contributed by atoms with Crippen LogP contribution in [0.1, 0.15) is 73.6 Å². The molecule has 0 saturated heterocycles. The summed E-state index contributed by atoms with van der Waals surface area (Å²) in [6, 6.07) is 4.70. The zero-order valence-corrected chi connectivity index (χ0v) is 16.6. The molecule has 0 nitrogen and oxygen atoms in total. The summed E-state index contributed by atoms with van der Waals surface area (Å²) < 4.78 is 80.5. The van der Waals surface area contributed by atoms with Crippen molar-refractivity contribution >= 4 is 0 Å². The summed E-state index contributed by atoms with van der Waals surface area (Å²) in [6.45, 7) is 2.15. The van der Waals surface area contributed by atoms with E-state index in [9.17, 15) is 26.3 Å². The highest BCUT2D eigenvalue weighted by atomic mass is 19.4. The SMILES string of the molecule is CCCC1CCC(c2cc(F)c(C#Cc3ccc(C(F)(F)F)c(F)c3)c(F)c2)CC1. The van der Waals surface area contributed by atoms with Gasteiger partial charge in [-0.1, -0.05) is 31.6 Å². The Labute approximate surface area is 172 Å². The minimum atomic E-state index is -4.82. The number of alkyl halides is 3. The lowest BCUT2D eigenvalue weighted by Gasteiger charge is -2.28. The van der Waals surface area contributed by atoms with Gasteiger partial charge in [-0.15, -0.1) is 0 Å². The molecule has 0 heterocycles. The molecule has 1 aliphatic rings. The Morgan fingerprint density at radius 1 is 0.867 bits per heavy atom. The Hall–Kier alpha value is -2.42. The molecule has 2 aromatic carbocycles. The van der Waals surface area contributed by atoms with E-state index in [0.29, 0.717) is 23.6 Å². The van der Waals surface area contributed by atoms with E-state index in [2.05, 4.69) is 18.8 Å². The topological polar surface area (TPSA) is 0 Å². The van der Waals surface area contributed by atoms with Crippen molar-refractivity contribution in [3.05, 3.63) is 70.0 Å². The molecule has 160 valence electrons. The van der Waals surface area contributed by atoms with Gasteiger partial charge in [0.05, 0.1) is 11.1 Å². The smallest absolute Gasteiger partial charge is 0.206 e. The van der Waals surface area contributed by atoms with E-state index >= 15 is 0 Å². The number of benzene rings is 2. The van der Waals surface area contributed by atoms with Crippen LogP contribution in [-0.4, -0.2) is 0 Å². The first-order chi connectivity index (χ1) is 14.2. The fraction of sp³-hybridized carbons (Fsp3) is 0.417. The molecule has 0 bridgehead atoms. The normalized spacial score (nSPS) is 19.3. The Morgan fingerprint density at radius 2 is 1.50 bits per heavy atom. The van der Waals surface area contributed by atoms with Crippen LogP contribution >= 0.6 is 0 Å². The van der Waals surface area contributed by atoms with E-state index in [0.717, 1.165) is 38.2 Å². The van der Waals surface area contributed by atoms with Crippen LogP contribution in [0.4, 0.5) is 26.3 Å². The highest BCUT2D eigenvalue weighted by Gasteiger charge is 2.33. The van der Waals surface area contributed by atoms with Crippen molar-refractivity contribution in [2.24, 2.45) is 5.92 Å². The molecule has 6 heteroatoms. The van der Waals surface area contributed by atoms with E-state index in [4.69, 9.17) is 0 Å². The molecular weight excluding hydrogens is 402 g/mol. The number of halogens is 6.